The lowest BCUT2D eigenvalue weighted by molar-refractivity contribution is 0.415. The van der Waals surface area contributed by atoms with Crippen LogP contribution in [0.5, 0.6) is 5.75 Å². The summed E-state index contributed by atoms with van der Waals surface area (Å²) in [5.74, 6) is 0.479. The average Bonchev–Trinajstić information content (AvgIpc) is 2.47. The summed E-state index contributed by atoms with van der Waals surface area (Å²) in [6.07, 6.45) is 0. The molecule has 21 heavy (non-hydrogen) atoms. The molecular formula is C14H15ClN2O3S. The molecule has 7 heteroatoms. The lowest BCUT2D eigenvalue weighted by atomic mass is 10.2. The van der Waals surface area contributed by atoms with Crippen molar-refractivity contribution in [2.45, 2.75) is 11.4 Å². The third kappa shape index (κ3) is 3.66. The topological polar surface area (TPSA) is 81.4 Å². The van der Waals surface area contributed by atoms with Crippen LogP contribution < -0.4 is 15.2 Å². The Balaban J connectivity index is 2.26. The number of hydrogen-bond donors (Lipinski definition) is 2. The number of ether oxygens (including phenoxy) is 1. The van der Waals surface area contributed by atoms with Crippen molar-refractivity contribution < 1.29 is 13.2 Å². The minimum atomic E-state index is -3.66. The number of rotatable bonds is 5. The van der Waals surface area contributed by atoms with E-state index in [4.69, 9.17) is 22.1 Å². The summed E-state index contributed by atoms with van der Waals surface area (Å²) in [7, 11) is -2.17. The summed E-state index contributed by atoms with van der Waals surface area (Å²) in [4.78, 5) is 0.159. The van der Waals surface area contributed by atoms with Gasteiger partial charge >= 0.3 is 0 Å². The van der Waals surface area contributed by atoms with Crippen LogP contribution in [0.2, 0.25) is 5.02 Å². The molecule has 0 aliphatic heterocycles. The van der Waals surface area contributed by atoms with Gasteiger partial charge in [0.2, 0.25) is 0 Å². The largest absolute Gasteiger partial charge is 0.495 e. The predicted molar refractivity (Wildman–Crippen MR) is 83.1 cm³/mol. The van der Waals surface area contributed by atoms with Crippen LogP contribution in [0.1, 0.15) is 5.56 Å². The van der Waals surface area contributed by atoms with Gasteiger partial charge in [-0.25, -0.2) is 8.42 Å². The van der Waals surface area contributed by atoms with Crippen molar-refractivity contribution in [3.8, 4) is 5.75 Å². The van der Waals surface area contributed by atoms with Crippen LogP contribution in [0.15, 0.2) is 47.4 Å². The van der Waals surface area contributed by atoms with Gasteiger partial charge in [-0.3, -0.25) is 4.72 Å². The van der Waals surface area contributed by atoms with E-state index in [-0.39, 0.29) is 4.90 Å². The van der Waals surface area contributed by atoms with Crippen molar-refractivity contribution >= 4 is 27.3 Å². The Morgan fingerprint density at radius 3 is 2.38 bits per heavy atom. The highest BCUT2D eigenvalue weighted by atomic mass is 35.5. The molecule has 0 heterocycles. The highest BCUT2D eigenvalue weighted by Crippen LogP contribution is 2.28. The second-order valence-electron chi connectivity index (χ2n) is 4.30. The SMILES string of the molecule is COc1ccc(NS(=O)(=O)c2ccc(CN)cc2)cc1Cl. The van der Waals surface area contributed by atoms with Crippen LogP contribution in [-0.2, 0) is 16.6 Å². The van der Waals surface area contributed by atoms with Crippen molar-refractivity contribution in [1.82, 2.24) is 0 Å². The molecule has 0 fully saturated rings. The Bertz CT molecular complexity index is 730. The molecule has 0 atom stereocenters. The van der Waals surface area contributed by atoms with Gasteiger partial charge in [-0.15, -0.1) is 0 Å². The number of hydrogen-bond acceptors (Lipinski definition) is 4. The van der Waals surface area contributed by atoms with E-state index < -0.39 is 10.0 Å². The van der Waals surface area contributed by atoms with E-state index in [9.17, 15) is 8.42 Å². The minimum absolute atomic E-state index is 0.159. The molecule has 2 rings (SSSR count). The maximum atomic E-state index is 12.3. The Kier molecular flexibility index (Phi) is 4.72. The molecule has 2 aromatic carbocycles. The van der Waals surface area contributed by atoms with Gasteiger partial charge in [-0.1, -0.05) is 23.7 Å². The molecule has 2 aromatic rings. The molecule has 3 N–H and O–H groups in total. The summed E-state index contributed by atoms with van der Waals surface area (Å²) in [5, 5.41) is 0.330. The number of sulfonamides is 1. The molecule has 5 nitrogen and oxygen atoms in total. The van der Waals surface area contributed by atoms with E-state index in [0.29, 0.717) is 23.0 Å². The van der Waals surface area contributed by atoms with E-state index in [1.54, 1.807) is 24.3 Å². The fourth-order valence-corrected chi connectivity index (χ4v) is 3.06. The van der Waals surface area contributed by atoms with Crippen LogP contribution in [0.25, 0.3) is 0 Å². The lowest BCUT2D eigenvalue weighted by Crippen LogP contribution is -2.13. The fourth-order valence-electron chi connectivity index (χ4n) is 1.75. The zero-order valence-corrected chi connectivity index (χ0v) is 12.9. The molecule has 0 amide bonds. The Morgan fingerprint density at radius 1 is 1.19 bits per heavy atom. The van der Waals surface area contributed by atoms with Crippen LogP contribution in [0.4, 0.5) is 5.69 Å². The van der Waals surface area contributed by atoms with E-state index in [1.165, 1.54) is 25.3 Å². The van der Waals surface area contributed by atoms with Crippen molar-refractivity contribution in [2.24, 2.45) is 5.73 Å². The number of benzene rings is 2. The summed E-state index contributed by atoms with van der Waals surface area (Å²) in [5.41, 5.74) is 6.71. The molecule has 112 valence electrons. The zero-order chi connectivity index (χ0) is 15.5. The molecule has 0 saturated heterocycles. The van der Waals surface area contributed by atoms with Crippen LogP contribution in [-0.4, -0.2) is 15.5 Å². The highest BCUT2D eigenvalue weighted by Gasteiger charge is 2.14. The Morgan fingerprint density at radius 2 is 1.86 bits per heavy atom. The van der Waals surface area contributed by atoms with Crippen molar-refractivity contribution in [3.63, 3.8) is 0 Å². The number of methoxy groups -OCH3 is 1. The van der Waals surface area contributed by atoms with Gasteiger partial charge in [-0.2, -0.15) is 0 Å². The van der Waals surface area contributed by atoms with Gasteiger partial charge in [0, 0.05) is 6.54 Å². The van der Waals surface area contributed by atoms with Gasteiger partial charge in [-0.05, 0) is 35.9 Å². The van der Waals surface area contributed by atoms with Gasteiger partial charge in [0.05, 0.1) is 22.7 Å². The van der Waals surface area contributed by atoms with E-state index in [0.717, 1.165) is 5.56 Å². The first-order chi connectivity index (χ1) is 9.96. The summed E-state index contributed by atoms with van der Waals surface area (Å²) in [6, 6.07) is 11.0. The Labute approximate surface area is 128 Å². The van der Waals surface area contributed by atoms with Crippen LogP contribution in [0, 0.1) is 0 Å². The molecule has 0 spiro atoms. The van der Waals surface area contributed by atoms with Gasteiger partial charge in [0.25, 0.3) is 10.0 Å². The van der Waals surface area contributed by atoms with Crippen molar-refractivity contribution in [3.05, 3.63) is 53.1 Å². The Hall–Kier alpha value is -1.76. The number of nitrogens with two attached hydrogens (primary N) is 1. The normalized spacial score (nSPS) is 11.2. The standard InChI is InChI=1S/C14H15ClN2O3S/c1-20-14-7-4-11(8-13(14)15)17-21(18,19)12-5-2-10(9-16)3-6-12/h2-8,17H,9,16H2,1H3. The van der Waals surface area contributed by atoms with E-state index in [1.807, 2.05) is 0 Å². The lowest BCUT2D eigenvalue weighted by Gasteiger charge is -2.10. The summed E-state index contributed by atoms with van der Waals surface area (Å²) >= 11 is 5.97. The van der Waals surface area contributed by atoms with E-state index in [2.05, 4.69) is 4.72 Å². The molecule has 0 aliphatic rings. The number of anilines is 1. The first kappa shape index (κ1) is 15.6. The first-order valence-electron chi connectivity index (χ1n) is 6.11. The predicted octanol–water partition coefficient (Wildman–Crippen LogP) is 2.61. The van der Waals surface area contributed by atoms with Crippen LogP contribution >= 0.6 is 11.6 Å². The maximum absolute atomic E-state index is 12.3. The van der Waals surface area contributed by atoms with Gasteiger partial charge < -0.3 is 10.5 Å². The molecule has 0 bridgehead atoms. The van der Waals surface area contributed by atoms with Gasteiger partial charge in [0.1, 0.15) is 5.75 Å². The van der Waals surface area contributed by atoms with Crippen molar-refractivity contribution in [2.75, 3.05) is 11.8 Å². The average molecular weight is 327 g/mol. The molecule has 0 saturated carbocycles. The fraction of sp³-hybridized carbons (Fsp3) is 0.143. The second kappa shape index (κ2) is 6.34. The van der Waals surface area contributed by atoms with Crippen LogP contribution in [0.3, 0.4) is 0 Å². The number of nitrogens with one attached hydrogen (secondary N) is 1. The molecule has 0 unspecified atom stereocenters. The highest BCUT2D eigenvalue weighted by molar-refractivity contribution is 7.92. The van der Waals surface area contributed by atoms with E-state index >= 15 is 0 Å². The second-order valence-corrected chi connectivity index (χ2v) is 6.39. The third-order valence-corrected chi connectivity index (χ3v) is 4.57. The molecular weight excluding hydrogens is 312 g/mol. The minimum Gasteiger partial charge on any atom is -0.495 e. The third-order valence-electron chi connectivity index (χ3n) is 2.87. The first-order valence-corrected chi connectivity index (χ1v) is 7.98. The zero-order valence-electron chi connectivity index (χ0n) is 11.3. The summed E-state index contributed by atoms with van der Waals surface area (Å²) < 4.78 is 32.0. The smallest absolute Gasteiger partial charge is 0.261 e. The number of halogens is 1. The molecule has 0 aliphatic carbocycles. The quantitative estimate of drug-likeness (QED) is 0.885. The summed E-state index contributed by atoms with van der Waals surface area (Å²) in [6.45, 7) is 0.363. The van der Waals surface area contributed by atoms with Gasteiger partial charge in [0.15, 0.2) is 0 Å². The monoisotopic (exact) mass is 326 g/mol. The molecule has 0 aromatic heterocycles. The maximum Gasteiger partial charge on any atom is 0.261 e. The van der Waals surface area contributed by atoms with Crippen molar-refractivity contribution in [1.29, 1.82) is 0 Å². The molecule has 0 radical (unpaired) electrons.